The SMILES string of the molecule is O=C([C@H]1CCCN(c2cnccn2)C1)N1CCN(CCOc2ccc(Cl)cc2)CC1. The van der Waals surface area contributed by atoms with Gasteiger partial charge < -0.3 is 14.5 Å². The van der Waals surface area contributed by atoms with Crippen molar-refractivity contribution in [2.75, 3.05) is 57.3 Å². The van der Waals surface area contributed by atoms with E-state index in [9.17, 15) is 4.79 Å². The van der Waals surface area contributed by atoms with Crippen molar-refractivity contribution >= 4 is 23.3 Å². The molecule has 0 N–H and O–H groups in total. The third-order valence-electron chi connectivity index (χ3n) is 5.82. The summed E-state index contributed by atoms with van der Waals surface area (Å²) in [5, 5.41) is 0.709. The maximum atomic E-state index is 13.1. The molecule has 1 aromatic carbocycles. The Kier molecular flexibility index (Phi) is 7.02. The van der Waals surface area contributed by atoms with Crippen LogP contribution in [-0.4, -0.2) is 78.1 Å². The number of carbonyl (C=O) groups excluding carboxylic acids is 1. The fraction of sp³-hybridized carbons (Fsp3) is 0.500. The molecule has 3 heterocycles. The number of hydrogen-bond acceptors (Lipinski definition) is 6. The van der Waals surface area contributed by atoms with Crippen LogP contribution in [0.5, 0.6) is 5.75 Å². The van der Waals surface area contributed by atoms with Gasteiger partial charge in [0.05, 0.1) is 12.1 Å². The van der Waals surface area contributed by atoms with Crippen LogP contribution in [0.15, 0.2) is 42.9 Å². The van der Waals surface area contributed by atoms with Crippen molar-refractivity contribution in [3.05, 3.63) is 47.9 Å². The Morgan fingerprint density at radius 2 is 1.90 bits per heavy atom. The van der Waals surface area contributed by atoms with Crippen molar-refractivity contribution in [3.8, 4) is 5.75 Å². The van der Waals surface area contributed by atoms with E-state index in [0.717, 1.165) is 70.2 Å². The van der Waals surface area contributed by atoms with Crippen LogP contribution in [0.25, 0.3) is 0 Å². The van der Waals surface area contributed by atoms with E-state index in [4.69, 9.17) is 16.3 Å². The molecule has 8 heteroatoms. The van der Waals surface area contributed by atoms with Crippen LogP contribution < -0.4 is 9.64 Å². The van der Waals surface area contributed by atoms with E-state index in [0.29, 0.717) is 11.6 Å². The van der Waals surface area contributed by atoms with E-state index in [1.54, 1.807) is 18.6 Å². The summed E-state index contributed by atoms with van der Waals surface area (Å²) in [6.07, 6.45) is 7.12. The highest BCUT2D eigenvalue weighted by atomic mass is 35.5. The first-order valence-corrected chi connectivity index (χ1v) is 11.0. The largest absolute Gasteiger partial charge is 0.492 e. The minimum Gasteiger partial charge on any atom is -0.492 e. The van der Waals surface area contributed by atoms with E-state index in [1.165, 1.54) is 0 Å². The van der Waals surface area contributed by atoms with Gasteiger partial charge in [-0.3, -0.25) is 14.7 Å². The number of nitrogens with zero attached hydrogens (tertiary/aromatic N) is 5. The van der Waals surface area contributed by atoms with E-state index in [-0.39, 0.29) is 11.8 Å². The average Bonchev–Trinajstić information content (AvgIpc) is 2.81. The molecule has 2 aliphatic rings. The lowest BCUT2D eigenvalue weighted by Gasteiger charge is -2.39. The van der Waals surface area contributed by atoms with Crippen LogP contribution in [-0.2, 0) is 4.79 Å². The van der Waals surface area contributed by atoms with Crippen molar-refractivity contribution in [3.63, 3.8) is 0 Å². The molecule has 2 saturated heterocycles. The summed E-state index contributed by atoms with van der Waals surface area (Å²) >= 11 is 5.90. The Morgan fingerprint density at radius 3 is 2.63 bits per heavy atom. The third-order valence-corrected chi connectivity index (χ3v) is 6.07. The zero-order valence-corrected chi connectivity index (χ0v) is 17.9. The standard InChI is InChI=1S/C22H28ClN5O2/c23-19-3-5-20(6-4-19)30-15-14-26-10-12-27(13-11-26)22(29)18-2-1-9-28(17-18)21-16-24-7-8-25-21/h3-8,16,18H,1-2,9-15,17H2/t18-/m0/s1. The summed E-state index contributed by atoms with van der Waals surface area (Å²) in [7, 11) is 0. The molecule has 4 rings (SSSR count). The lowest BCUT2D eigenvalue weighted by Crippen LogP contribution is -2.53. The molecule has 2 fully saturated rings. The van der Waals surface area contributed by atoms with Crippen LogP contribution in [0.1, 0.15) is 12.8 Å². The number of halogens is 1. The number of carbonyl (C=O) groups is 1. The molecule has 2 aliphatic heterocycles. The van der Waals surface area contributed by atoms with Gasteiger partial charge in [-0.05, 0) is 37.1 Å². The highest BCUT2D eigenvalue weighted by molar-refractivity contribution is 6.30. The molecular weight excluding hydrogens is 402 g/mol. The molecule has 2 aromatic rings. The van der Waals surface area contributed by atoms with Gasteiger partial charge in [0.15, 0.2) is 0 Å². The topological polar surface area (TPSA) is 61.8 Å². The average molecular weight is 430 g/mol. The quantitative estimate of drug-likeness (QED) is 0.703. The number of ether oxygens (including phenoxy) is 1. The fourth-order valence-corrected chi connectivity index (χ4v) is 4.24. The molecule has 0 spiro atoms. The molecule has 0 saturated carbocycles. The Balaban J connectivity index is 1.20. The molecule has 1 aromatic heterocycles. The van der Waals surface area contributed by atoms with E-state index >= 15 is 0 Å². The van der Waals surface area contributed by atoms with Gasteiger partial charge in [0.2, 0.25) is 5.91 Å². The van der Waals surface area contributed by atoms with Gasteiger partial charge in [0.1, 0.15) is 18.2 Å². The minimum atomic E-state index is 0.0422. The third kappa shape index (κ3) is 5.40. The maximum absolute atomic E-state index is 13.1. The number of piperidine rings is 1. The molecule has 30 heavy (non-hydrogen) atoms. The Bertz CT molecular complexity index is 812. The van der Waals surface area contributed by atoms with Crippen LogP contribution in [0.3, 0.4) is 0 Å². The van der Waals surface area contributed by atoms with Gasteiger partial charge in [-0.25, -0.2) is 4.98 Å². The van der Waals surface area contributed by atoms with Crippen molar-refractivity contribution < 1.29 is 9.53 Å². The van der Waals surface area contributed by atoms with Crippen molar-refractivity contribution in [1.29, 1.82) is 0 Å². The summed E-state index contributed by atoms with van der Waals surface area (Å²) in [6, 6.07) is 7.43. The first kappa shape index (κ1) is 20.9. The second-order valence-electron chi connectivity index (χ2n) is 7.82. The zero-order chi connectivity index (χ0) is 20.8. The Morgan fingerprint density at radius 1 is 1.10 bits per heavy atom. The highest BCUT2D eigenvalue weighted by Gasteiger charge is 2.31. The van der Waals surface area contributed by atoms with E-state index in [2.05, 4.69) is 19.8 Å². The lowest BCUT2D eigenvalue weighted by atomic mass is 9.96. The summed E-state index contributed by atoms with van der Waals surface area (Å²) in [6.45, 7) is 6.48. The van der Waals surface area contributed by atoms with Crippen LogP contribution in [0, 0.1) is 5.92 Å². The van der Waals surface area contributed by atoms with E-state index < -0.39 is 0 Å². The number of piperazine rings is 1. The van der Waals surface area contributed by atoms with Gasteiger partial charge in [-0.1, -0.05) is 11.6 Å². The first-order chi connectivity index (χ1) is 14.7. The van der Waals surface area contributed by atoms with Crippen molar-refractivity contribution in [2.24, 2.45) is 5.92 Å². The van der Waals surface area contributed by atoms with Crippen LogP contribution >= 0.6 is 11.6 Å². The fourth-order valence-electron chi connectivity index (χ4n) is 4.11. The Hall–Kier alpha value is -2.38. The maximum Gasteiger partial charge on any atom is 0.227 e. The van der Waals surface area contributed by atoms with Gasteiger partial charge in [0, 0.05) is 63.2 Å². The molecule has 0 radical (unpaired) electrons. The monoisotopic (exact) mass is 429 g/mol. The number of hydrogen-bond donors (Lipinski definition) is 0. The normalized spacial score (nSPS) is 20.2. The summed E-state index contributed by atoms with van der Waals surface area (Å²) < 4.78 is 5.79. The number of rotatable bonds is 6. The summed E-state index contributed by atoms with van der Waals surface area (Å²) in [5.41, 5.74) is 0. The van der Waals surface area contributed by atoms with Gasteiger partial charge in [-0.2, -0.15) is 0 Å². The van der Waals surface area contributed by atoms with E-state index in [1.807, 2.05) is 29.2 Å². The van der Waals surface area contributed by atoms with Gasteiger partial charge in [0.25, 0.3) is 0 Å². The number of aromatic nitrogens is 2. The van der Waals surface area contributed by atoms with Crippen molar-refractivity contribution in [1.82, 2.24) is 19.8 Å². The molecule has 1 atom stereocenters. The lowest BCUT2D eigenvalue weighted by molar-refractivity contribution is -0.137. The molecule has 160 valence electrons. The second kappa shape index (κ2) is 10.1. The number of amides is 1. The minimum absolute atomic E-state index is 0.0422. The predicted molar refractivity (Wildman–Crippen MR) is 117 cm³/mol. The van der Waals surface area contributed by atoms with Gasteiger partial charge >= 0.3 is 0 Å². The highest BCUT2D eigenvalue weighted by Crippen LogP contribution is 2.23. The molecule has 0 aliphatic carbocycles. The van der Waals surface area contributed by atoms with Crippen molar-refractivity contribution in [2.45, 2.75) is 12.8 Å². The smallest absolute Gasteiger partial charge is 0.227 e. The molecule has 1 amide bonds. The second-order valence-corrected chi connectivity index (χ2v) is 8.25. The summed E-state index contributed by atoms with van der Waals surface area (Å²) in [4.78, 5) is 28.2. The van der Waals surface area contributed by atoms with Crippen LogP contribution in [0.2, 0.25) is 5.02 Å². The molecule has 7 nitrogen and oxygen atoms in total. The molecule has 0 unspecified atom stereocenters. The molecular formula is C22H28ClN5O2. The summed E-state index contributed by atoms with van der Waals surface area (Å²) in [5.74, 6) is 2.01. The molecule has 0 bridgehead atoms. The predicted octanol–water partition coefficient (Wildman–Crippen LogP) is 2.57. The van der Waals surface area contributed by atoms with Gasteiger partial charge in [-0.15, -0.1) is 0 Å². The zero-order valence-electron chi connectivity index (χ0n) is 17.1. The number of anilines is 1. The Labute approximate surface area is 182 Å². The number of benzene rings is 1. The first-order valence-electron chi connectivity index (χ1n) is 10.6. The van der Waals surface area contributed by atoms with Crippen LogP contribution in [0.4, 0.5) is 5.82 Å².